The summed E-state index contributed by atoms with van der Waals surface area (Å²) in [5, 5.41) is 7.41. The van der Waals surface area contributed by atoms with Gasteiger partial charge in [0.25, 0.3) is 0 Å². The molecule has 0 saturated heterocycles. The first-order valence-electron chi connectivity index (χ1n) is 6.62. The van der Waals surface area contributed by atoms with E-state index in [4.69, 9.17) is 5.73 Å². The molecule has 0 aliphatic heterocycles. The Hall–Kier alpha value is -2.67. The third-order valence-electron chi connectivity index (χ3n) is 3.22. The van der Waals surface area contributed by atoms with E-state index in [1.165, 1.54) is 16.8 Å². The Morgan fingerprint density at radius 3 is 2.18 bits per heavy atom. The molecule has 3 aromatic rings. The van der Waals surface area contributed by atoms with Crippen LogP contribution in [0.1, 0.15) is 5.56 Å². The Bertz CT molecular complexity index is 874. The number of benzene rings is 2. The van der Waals surface area contributed by atoms with Crippen LogP contribution in [0.25, 0.3) is 0 Å². The summed E-state index contributed by atoms with van der Waals surface area (Å²) in [6.07, 6.45) is 0. The number of aromatic nitrogens is 3. The molecule has 0 bridgehead atoms. The first-order valence-corrected chi connectivity index (χ1v) is 8.10. The number of sulfone groups is 1. The van der Waals surface area contributed by atoms with Crippen LogP contribution in [0.4, 0.5) is 5.82 Å². The normalized spacial score (nSPS) is 11.5. The van der Waals surface area contributed by atoms with Crippen molar-refractivity contribution in [2.45, 2.75) is 16.5 Å². The van der Waals surface area contributed by atoms with Gasteiger partial charge in [-0.25, -0.2) is 13.1 Å². The molecule has 112 valence electrons. The summed E-state index contributed by atoms with van der Waals surface area (Å²) in [6.45, 7) is 0.365. The Balaban J connectivity index is 1.97. The molecule has 22 heavy (non-hydrogen) atoms. The van der Waals surface area contributed by atoms with Gasteiger partial charge in [0, 0.05) is 0 Å². The van der Waals surface area contributed by atoms with E-state index >= 15 is 0 Å². The number of rotatable bonds is 4. The van der Waals surface area contributed by atoms with E-state index in [-0.39, 0.29) is 15.7 Å². The summed E-state index contributed by atoms with van der Waals surface area (Å²) < 4.78 is 26.4. The maximum absolute atomic E-state index is 12.5. The molecule has 2 N–H and O–H groups in total. The molecule has 3 rings (SSSR count). The number of nitrogens with two attached hydrogens (primary N) is 1. The quantitative estimate of drug-likeness (QED) is 0.792. The molecule has 0 amide bonds. The summed E-state index contributed by atoms with van der Waals surface area (Å²) in [4.78, 5) is 0.147. The van der Waals surface area contributed by atoms with Gasteiger partial charge >= 0.3 is 0 Å². The first kappa shape index (κ1) is 14.3. The van der Waals surface area contributed by atoms with Crippen LogP contribution >= 0.6 is 0 Å². The van der Waals surface area contributed by atoms with Crippen LogP contribution in [-0.2, 0) is 16.4 Å². The van der Waals surface area contributed by atoms with Crippen molar-refractivity contribution in [3.05, 3.63) is 66.2 Å². The molecule has 0 aliphatic carbocycles. The zero-order valence-corrected chi connectivity index (χ0v) is 12.4. The third-order valence-corrected chi connectivity index (χ3v) is 4.92. The van der Waals surface area contributed by atoms with Gasteiger partial charge in [-0.15, -0.1) is 5.10 Å². The molecule has 0 aliphatic rings. The number of nitrogen functional groups attached to an aromatic ring is 1. The van der Waals surface area contributed by atoms with Gasteiger partial charge in [0.1, 0.15) is 0 Å². The van der Waals surface area contributed by atoms with Crippen molar-refractivity contribution in [2.24, 2.45) is 0 Å². The highest BCUT2D eigenvalue weighted by Crippen LogP contribution is 2.23. The van der Waals surface area contributed by atoms with Crippen molar-refractivity contribution >= 4 is 15.7 Å². The SMILES string of the molecule is Nc1c(S(=O)(=O)c2ccccc2)nnn1Cc1ccccc1. The van der Waals surface area contributed by atoms with E-state index < -0.39 is 9.84 Å². The summed E-state index contributed by atoms with van der Waals surface area (Å²) in [6, 6.07) is 17.6. The molecule has 0 radical (unpaired) electrons. The molecule has 0 fully saturated rings. The van der Waals surface area contributed by atoms with Crippen LogP contribution < -0.4 is 5.73 Å². The van der Waals surface area contributed by atoms with Crippen LogP contribution in [0.5, 0.6) is 0 Å². The summed E-state index contributed by atoms with van der Waals surface area (Å²) >= 11 is 0. The van der Waals surface area contributed by atoms with Crippen molar-refractivity contribution in [3.8, 4) is 0 Å². The van der Waals surface area contributed by atoms with Crippen LogP contribution in [0.2, 0.25) is 0 Å². The number of anilines is 1. The Labute approximate surface area is 128 Å². The van der Waals surface area contributed by atoms with Gasteiger partial charge in [-0.2, -0.15) is 0 Å². The lowest BCUT2D eigenvalue weighted by Crippen LogP contribution is -2.09. The lowest BCUT2D eigenvalue weighted by Gasteiger charge is -2.04. The molecule has 2 aromatic carbocycles. The molecule has 0 atom stereocenters. The van der Waals surface area contributed by atoms with Gasteiger partial charge in [0.2, 0.25) is 14.9 Å². The average Bonchev–Trinajstić information content (AvgIpc) is 2.91. The fourth-order valence-electron chi connectivity index (χ4n) is 2.08. The van der Waals surface area contributed by atoms with E-state index in [2.05, 4.69) is 10.3 Å². The zero-order chi connectivity index (χ0) is 15.6. The van der Waals surface area contributed by atoms with Crippen molar-refractivity contribution in [1.29, 1.82) is 0 Å². The minimum atomic E-state index is -3.76. The van der Waals surface area contributed by atoms with Crippen molar-refractivity contribution in [3.63, 3.8) is 0 Å². The number of nitrogens with zero attached hydrogens (tertiary/aromatic N) is 3. The van der Waals surface area contributed by atoms with Gasteiger partial charge in [0.05, 0.1) is 11.4 Å². The monoisotopic (exact) mass is 314 g/mol. The molecule has 0 spiro atoms. The number of hydrogen-bond acceptors (Lipinski definition) is 5. The van der Waals surface area contributed by atoms with Gasteiger partial charge in [-0.3, -0.25) is 0 Å². The maximum atomic E-state index is 12.5. The van der Waals surface area contributed by atoms with Crippen LogP contribution in [-0.4, -0.2) is 23.4 Å². The summed E-state index contributed by atoms with van der Waals surface area (Å²) in [5.74, 6) is 0.0349. The molecule has 1 aromatic heterocycles. The van der Waals surface area contributed by atoms with Gasteiger partial charge in [-0.1, -0.05) is 53.7 Å². The van der Waals surface area contributed by atoms with E-state index in [1.54, 1.807) is 18.2 Å². The molecule has 6 nitrogen and oxygen atoms in total. The van der Waals surface area contributed by atoms with Gasteiger partial charge in [-0.05, 0) is 17.7 Å². The van der Waals surface area contributed by atoms with Crippen molar-refractivity contribution in [2.75, 3.05) is 5.73 Å². The Kier molecular flexibility index (Phi) is 3.64. The second kappa shape index (κ2) is 5.61. The van der Waals surface area contributed by atoms with Crippen LogP contribution in [0, 0.1) is 0 Å². The van der Waals surface area contributed by atoms with E-state index in [0.717, 1.165) is 5.56 Å². The predicted molar refractivity (Wildman–Crippen MR) is 81.9 cm³/mol. The fraction of sp³-hybridized carbons (Fsp3) is 0.0667. The second-order valence-corrected chi connectivity index (χ2v) is 6.60. The van der Waals surface area contributed by atoms with E-state index in [0.29, 0.717) is 6.54 Å². The summed E-state index contributed by atoms with van der Waals surface area (Å²) in [7, 11) is -3.76. The van der Waals surface area contributed by atoms with E-state index in [1.807, 2.05) is 30.3 Å². The third kappa shape index (κ3) is 2.58. The minimum absolute atomic E-state index is 0.0349. The van der Waals surface area contributed by atoms with E-state index in [9.17, 15) is 8.42 Å². The second-order valence-electron chi connectivity index (χ2n) is 4.74. The lowest BCUT2D eigenvalue weighted by atomic mass is 10.2. The topological polar surface area (TPSA) is 90.9 Å². The molecular weight excluding hydrogens is 300 g/mol. The largest absolute Gasteiger partial charge is 0.381 e. The maximum Gasteiger partial charge on any atom is 0.229 e. The molecule has 0 unspecified atom stereocenters. The zero-order valence-electron chi connectivity index (χ0n) is 11.6. The van der Waals surface area contributed by atoms with Gasteiger partial charge in [0.15, 0.2) is 5.82 Å². The van der Waals surface area contributed by atoms with Crippen molar-refractivity contribution in [1.82, 2.24) is 15.0 Å². The standard InChI is InChI=1S/C15H14N4O2S/c16-14-15(22(20,21)13-9-5-2-6-10-13)17-18-19(14)11-12-7-3-1-4-8-12/h1-10H,11,16H2. The summed E-state index contributed by atoms with van der Waals surface area (Å²) in [5.41, 5.74) is 6.89. The highest BCUT2D eigenvalue weighted by molar-refractivity contribution is 7.91. The van der Waals surface area contributed by atoms with Crippen LogP contribution in [0.15, 0.2) is 70.6 Å². The highest BCUT2D eigenvalue weighted by Gasteiger charge is 2.25. The van der Waals surface area contributed by atoms with Gasteiger partial charge < -0.3 is 5.73 Å². The molecule has 7 heteroatoms. The first-order chi connectivity index (χ1) is 10.6. The highest BCUT2D eigenvalue weighted by atomic mass is 32.2. The van der Waals surface area contributed by atoms with Crippen molar-refractivity contribution < 1.29 is 8.42 Å². The Morgan fingerprint density at radius 1 is 0.955 bits per heavy atom. The van der Waals surface area contributed by atoms with Crippen LogP contribution in [0.3, 0.4) is 0 Å². The molecule has 1 heterocycles. The average molecular weight is 314 g/mol. The smallest absolute Gasteiger partial charge is 0.229 e. The Morgan fingerprint density at radius 2 is 1.55 bits per heavy atom. The minimum Gasteiger partial charge on any atom is -0.381 e. The molecule has 0 saturated carbocycles. The number of hydrogen-bond donors (Lipinski definition) is 1. The lowest BCUT2D eigenvalue weighted by molar-refractivity contribution is 0.592. The molecular formula is C15H14N4O2S. The fourth-order valence-corrected chi connectivity index (χ4v) is 3.34. The predicted octanol–water partition coefficient (Wildman–Crippen LogP) is 1.74.